The molecule has 0 aliphatic heterocycles. The van der Waals surface area contributed by atoms with Gasteiger partial charge in [0.15, 0.2) is 0 Å². The summed E-state index contributed by atoms with van der Waals surface area (Å²) in [6.45, 7) is 0. The minimum atomic E-state index is -0.769. The van der Waals surface area contributed by atoms with Crippen LogP contribution in [0.15, 0.2) is 36.7 Å². The summed E-state index contributed by atoms with van der Waals surface area (Å²) >= 11 is 0. The maximum Gasteiger partial charge on any atom is 0.279 e. The normalized spacial score (nSPS) is 10.0. The van der Waals surface area contributed by atoms with E-state index in [0.29, 0.717) is 0 Å². The molecule has 0 radical (unpaired) electrons. The van der Waals surface area contributed by atoms with Gasteiger partial charge in [-0.1, -0.05) is 0 Å². The molecule has 1 N–H and O–H groups in total. The lowest BCUT2D eigenvalue weighted by molar-refractivity contribution is -0.394. The molecule has 2 rings (SSSR count). The third kappa shape index (κ3) is 3.56. The Kier molecular flexibility index (Phi) is 4.32. The summed E-state index contributed by atoms with van der Waals surface area (Å²) < 4.78 is 0. The van der Waals surface area contributed by atoms with Crippen molar-refractivity contribution < 1.29 is 14.6 Å². The quantitative estimate of drug-likeness (QED) is 0.651. The Morgan fingerprint density at radius 3 is 2.41 bits per heavy atom. The molecule has 0 fully saturated rings. The van der Waals surface area contributed by atoms with Gasteiger partial charge in [-0.15, -0.1) is 0 Å². The number of benzene rings is 1. The molecule has 0 atom stereocenters. The van der Waals surface area contributed by atoms with Gasteiger partial charge in [0.05, 0.1) is 22.3 Å². The van der Waals surface area contributed by atoms with Crippen LogP contribution < -0.4 is 5.32 Å². The van der Waals surface area contributed by atoms with E-state index >= 15 is 0 Å². The lowest BCUT2D eigenvalue weighted by Gasteiger charge is -2.04. The largest absolute Gasteiger partial charge is 0.294 e. The highest BCUT2D eigenvalue weighted by Gasteiger charge is 2.21. The average Bonchev–Trinajstić information content (AvgIpc) is 2.48. The minimum absolute atomic E-state index is 0.0593. The third-order valence-corrected chi connectivity index (χ3v) is 2.64. The lowest BCUT2D eigenvalue weighted by atomic mass is 10.1. The van der Waals surface area contributed by atoms with Gasteiger partial charge in [0.25, 0.3) is 11.4 Å². The zero-order chi connectivity index (χ0) is 16.1. The number of hydrogen-bond acceptors (Lipinski definition) is 7. The maximum atomic E-state index is 11.8. The van der Waals surface area contributed by atoms with E-state index in [4.69, 9.17) is 0 Å². The molecule has 0 bridgehead atoms. The SMILES string of the molecule is O=C(Cc1ccc([N+](=O)[O-])cc1[N+](=O)[O-])Nc1ncccn1. The summed E-state index contributed by atoms with van der Waals surface area (Å²) in [5.74, 6) is -0.500. The number of nitro benzene ring substituents is 2. The second-order valence-electron chi connectivity index (χ2n) is 4.12. The van der Waals surface area contributed by atoms with Gasteiger partial charge in [-0.05, 0) is 12.1 Å². The molecular formula is C12H9N5O5. The Hall–Kier alpha value is -3.43. The van der Waals surface area contributed by atoms with Gasteiger partial charge in [0.2, 0.25) is 11.9 Å². The van der Waals surface area contributed by atoms with Crippen LogP contribution in [0.5, 0.6) is 0 Å². The summed E-state index contributed by atoms with van der Waals surface area (Å²) in [4.78, 5) is 39.5. The van der Waals surface area contributed by atoms with Gasteiger partial charge in [-0.25, -0.2) is 9.97 Å². The molecule has 0 saturated heterocycles. The number of rotatable bonds is 5. The highest BCUT2D eigenvalue weighted by atomic mass is 16.6. The molecule has 1 amide bonds. The number of nitro groups is 2. The van der Waals surface area contributed by atoms with E-state index in [2.05, 4.69) is 15.3 Å². The van der Waals surface area contributed by atoms with Gasteiger partial charge in [-0.2, -0.15) is 0 Å². The van der Waals surface area contributed by atoms with Gasteiger partial charge < -0.3 is 0 Å². The van der Waals surface area contributed by atoms with Crippen molar-refractivity contribution in [2.75, 3.05) is 5.32 Å². The number of aromatic nitrogens is 2. The number of nitrogens with one attached hydrogen (secondary N) is 1. The molecule has 0 saturated carbocycles. The first-order chi connectivity index (χ1) is 10.5. The maximum absolute atomic E-state index is 11.8. The highest BCUT2D eigenvalue weighted by Crippen LogP contribution is 2.25. The number of carbonyl (C=O) groups is 1. The zero-order valence-electron chi connectivity index (χ0n) is 11.0. The Morgan fingerprint density at radius 1 is 1.14 bits per heavy atom. The van der Waals surface area contributed by atoms with Crippen LogP contribution in [0, 0.1) is 20.2 Å². The lowest BCUT2D eigenvalue weighted by Crippen LogP contribution is -2.17. The number of amides is 1. The van der Waals surface area contributed by atoms with Gasteiger partial charge >= 0.3 is 0 Å². The first kappa shape index (κ1) is 15.0. The van der Waals surface area contributed by atoms with Crippen LogP contribution in [0.25, 0.3) is 0 Å². The first-order valence-corrected chi connectivity index (χ1v) is 5.96. The first-order valence-electron chi connectivity index (χ1n) is 5.96. The number of hydrogen-bond donors (Lipinski definition) is 1. The van der Waals surface area contributed by atoms with Crippen molar-refractivity contribution in [3.8, 4) is 0 Å². The van der Waals surface area contributed by atoms with Crippen molar-refractivity contribution in [2.24, 2.45) is 0 Å². The number of non-ortho nitro benzene ring substituents is 1. The second kappa shape index (κ2) is 6.35. The Morgan fingerprint density at radius 2 is 1.82 bits per heavy atom. The fourth-order valence-corrected chi connectivity index (χ4v) is 1.69. The Balaban J connectivity index is 2.20. The third-order valence-electron chi connectivity index (χ3n) is 2.64. The van der Waals surface area contributed by atoms with Crippen LogP contribution in [0.4, 0.5) is 17.3 Å². The molecule has 1 aromatic heterocycles. The van der Waals surface area contributed by atoms with Crippen molar-refractivity contribution in [1.82, 2.24) is 9.97 Å². The average molecular weight is 303 g/mol. The molecule has 0 aliphatic rings. The van der Waals surface area contributed by atoms with Crippen LogP contribution in [0.3, 0.4) is 0 Å². The minimum Gasteiger partial charge on any atom is -0.294 e. The summed E-state index contributed by atoms with van der Waals surface area (Å²) in [5.41, 5.74) is -0.843. The van der Waals surface area contributed by atoms with Crippen molar-refractivity contribution in [3.05, 3.63) is 62.5 Å². The van der Waals surface area contributed by atoms with E-state index in [-0.39, 0.29) is 17.9 Å². The molecule has 0 spiro atoms. The zero-order valence-corrected chi connectivity index (χ0v) is 11.0. The van der Waals surface area contributed by atoms with E-state index < -0.39 is 27.1 Å². The van der Waals surface area contributed by atoms with E-state index in [1.54, 1.807) is 6.07 Å². The van der Waals surface area contributed by atoms with Crippen molar-refractivity contribution >= 4 is 23.2 Å². The number of nitrogens with zero attached hydrogens (tertiary/aromatic N) is 4. The van der Waals surface area contributed by atoms with E-state index in [1.807, 2.05) is 0 Å². The molecule has 22 heavy (non-hydrogen) atoms. The molecular weight excluding hydrogens is 294 g/mol. The van der Waals surface area contributed by atoms with Crippen molar-refractivity contribution in [1.29, 1.82) is 0 Å². The molecule has 0 unspecified atom stereocenters. The van der Waals surface area contributed by atoms with Crippen molar-refractivity contribution in [3.63, 3.8) is 0 Å². The van der Waals surface area contributed by atoms with Gasteiger partial charge in [0, 0.05) is 24.0 Å². The standard InChI is InChI=1S/C12H9N5O5/c18-11(15-12-13-4-1-5-14-12)6-8-2-3-9(16(19)20)7-10(8)17(21)22/h1-5,7H,6H2,(H,13,14,15,18). The van der Waals surface area contributed by atoms with Crippen molar-refractivity contribution in [2.45, 2.75) is 6.42 Å². The summed E-state index contributed by atoms with van der Waals surface area (Å²) in [6, 6.07) is 4.68. The summed E-state index contributed by atoms with van der Waals surface area (Å²) in [7, 11) is 0. The second-order valence-corrected chi connectivity index (χ2v) is 4.12. The number of carbonyl (C=O) groups excluding carboxylic acids is 1. The van der Waals surface area contributed by atoms with E-state index in [1.165, 1.54) is 18.5 Å². The monoisotopic (exact) mass is 303 g/mol. The van der Waals surface area contributed by atoms with Crippen LogP contribution >= 0.6 is 0 Å². The smallest absolute Gasteiger partial charge is 0.279 e. The molecule has 10 heteroatoms. The predicted octanol–water partition coefficient (Wildman–Crippen LogP) is 1.47. The van der Waals surface area contributed by atoms with Crippen LogP contribution in [-0.4, -0.2) is 25.7 Å². The topological polar surface area (TPSA) is 141 Å². The van der Waals surface area contributed by atoms with E-state index in [9.17, 15) is 25.0 Å². The van der Waals surface area contributed by atoms with Gasteiger partial charge in [-0.3, -0.25) is 30.3 Å². The molecule has 0 aliphatic carbocycles. The van der Waals surface area contributed by atoms with Crippen LogP contribution in [0.2, 0.25) is 0 Å². The summed E-state index contributed by atoms with van der Waals surface area (Å²) in [6.07, 6.45) is 2.53. The van der Waals surface area contributed by atoms with Crippen LogP contribution in [-0.2, 0) is 11.2 Å². The predicted molar refractivity (Wildman–Crippen MR) is 74.1 cm³/mol. The summed E-state index contributed by atoms with van der Waals surface area (Å²) in [5, 5.41) is 24.0. The Labute approximate surface area is 123 Å². The highest BCUT2D eigenvalue weighted by molar-refractivity contribution is 5.91. The fraction of sp³-hybridized carbons (Fsp3) is 0.0833. The van der Waals surface area contributed by atoms with Gasteiger partial charge in [0.1, 0.15) is 0 Å². The molecule has 10 nitrogen and oxygen atoms in total. The Bertz CT molecular complexity index is 734. The molecule has 2 aromatic rings. The molecule has 1 heterocycles. The molecule has 112 valence electrons. The number of anilines is 1. The van der Waals surface area contributed by atoms with Crippen LogP contribution in [0.1, 0.15) is 5.56 Å². The van der Waals surface area contributed by atoms with E-state index in [0.717, 1.165) is 12.1 Å². The fourth-order valence-electron chi connectivity index (χ4n) is 1.69. The molecule has 1 aromatic carbocycles.